The van der Waals surface area contributed by atoms with Crippen LogP contribution in [0.3, 0.4) is 0 Å². The summed E-state index contributed by atoms with van der Waals surface area (Å²) in [6.45, 7) is 2.14. The number of hydrogen-bond acceptors (Lipinski definition) is 3. The van der Waals surface area contributed by atoms with Gasteiger partial charge in [-0.15, -0.1) is 11.8 Å². The van der Waals surface area contributed by atoms with Crippen molar-refractivity contribution in [2.24, 2.45) is 0 Å². The Kier molecular flexibility index (Phi) is 3.54. The third-order valence-electron chi connectivity index (χ3n) is 2.66. The van der Waals surface area contributed by atoms with Crippen LogP contribution in [-0.4, -0.2) is 19.2 Å². The maximum absolute atomic E-state index is 5.51. The molecule has 0 saturated carbocycles. The second kappa shape index (κ2) is 4.90. The van der Waals surface area contributed by atoms with E-state index in [1.165, 1.54) is 5.56 Å². The van der Waals surface area contributed by atoms with Gasteiger partial charge in [-0.2, -0.15) is 0 Å². The molecule has 1 aromatic carbocycles. The Morgan fingerprint density at radius 3 is 2.67 bits per heavy atom. The highest BCUT2D eigenvalue weighted by Crippen LogP contribution is 2.38. The van der Waals surface area contributed by atoms with Crippen molar-refractivity contribution >= 4 is 11.8 Å². The van der Waals surface area contributed by atoms with Crippen LogP contribution in [0.5, 0.6) is 5.75 Å². The second-order valence-electron chi connectivity index (χ2n) is 3.76. The van der Waals surface area contributed by atoms with E-state index in [9.17, 15) is 0 Å². The van der Waals surface area contributed by atoms with Crippen molar-refractivity contribution in [3.05, 3.63) is 29.8 Å². The van der Waals surface area contributed by atoms with Gasteiger partial charge in [-0.25, -0.2) is 0 Å². The van der Waals surface area contributed by atoms with Crippen LogP contribution in [0.2, 0.25) is 0 Å². The molecule has 1 heterocycles. The molecule has 0 aromatic heterocycles. The Balaban J connectivity index is 2.07. The van der Waals surface area contributed by atoms with Crippen molar-refractivity contribution in [3.8, 4) is 5.75 Å². The second-order valence-corrected chi connectivity index (χ2v) is 4.90. The van der Waals surface area contributed by atoms with Gasteiger partial charge in [-0.3, -0.25) is 0 Å². The molecule has 0 bridgehead atoms. The van der Waals surface area contributed by atoms with Crippen LogP contribution in [0.15, 0.2) is 24.3 Å². The minimum absolute atomic E-state index is 0.373. The first-order chi connectivity index (χ1) is 7.29. The minimum Gasteiger partial charge on any atom is -0.497 e. The van der Waals surface area contributed by atoms with Gasteiger partial charge in [0.05, 0.1) is 19.2 Å². The molecule has 82 valence electrons. The van der Waals surface area contributed by atoms with E-state index in [1.54, 1.807) is 7.11 Å². The third kappa shape index (κ3) is 2.67. The first kappa shape index (κ1) is 10.8. The standard InChI is InChI=1S/C12H16O2S/c1-9-7-12(15-8-14-9)10-3-5-11(13-2)6-4-10/h3-6,9,12H,7-8H2,1-2H3. The molecule has 0 aliphatic carbocycles. The number of ether oxygens (including phenoxy) is 2. The van der Waals surface area contributed by atoms with E-state index in [0.717, 1.165) is 18.1 Å². The maximum Gasteiger partial charge on any atom is 0.118 e. The summed E-state index contributed by atoms with van der Waals surface area (Å²) < 4.78 is 10.7. The van der Waals surface area contributed by atoms with Gasteiger partial charge < -0.3 is 9.47 Å². The number of rotatable bonds is 2. The van der Waals surface area contributed by atoms with E-state index in [0.29, 0.717) is 11.4 Å². The lowest BCUT2D eigenvalue weighted by atomic mass is 10.1. The molecule has 1 aliphatic rings. The molecular formula is C12H16O2S. The van der Waals surface area contributed by atoms with Crippen LogP contribution in [0.1, 0.15) is 24.2 Å². The Morgan fingerprint density at radius 2 is 2.07 bits per heavy atom. The molecule has 1 aromatic rings. The number of hydrogen-bond donors (Lipinski definition) is 0. The van der Waals surface area contributed by atoms with Crippen LogP contribution in [0.4, 0.5) is 0 Å². The zero-order chi connectivity index (χ0) is 10.7. The van der Waals surface area contributed by atoms with E-state index >= 15 is 0 Å². The number of benzene rings is 1. The number of methoxy groups -OCH3 is 1. The normalized spacial score (nSPS) is 26.3. The van der Waals surface area contributed by atoms with Crippen LogP contribution in [-0.2, 0) is 4.74 Å². The molecule has 15 heavy (non-hydrogen) atoms. The van der Waals surface area contributed by atoms with Gasteiger partial charge in [0.1, 0.15) is 5.75 Å². The summed E-state index contributed by atoms with van der Waals surface area (Å²) >= 11 is 1.87. The molecular weight excluding hydrogens is 208 g/mol. The van der Waals surface area contributed by atoms with Crippen LogP contribution < -0.4 is 4.74 Å². The van der Waals surface area contributed by atoms with Gasteiger partial charge in [0.15, 0.2) is 0 Å². The molecule has 0 N–H and O–H groups in total. The zero-order valence-corrected chi connectivity index (χ0v) is 9.92. The van der Waals surface area contributed by atoms with Gasteiger partial charge in [-0.1, -0.05) is 12.1 Å². The first-order valence-electron chi connectivity index (χ1n) is 5.17. The first-order valence-corrected chi connectivity index (χ1v) is 6.21. The number of thioether (sulfide) groups is 1. The highest BCUT2D eigenvalue weighted by Gasteiger charge is 2.21. The fraction of sp³-hybridized carbons (Fsp3) is 0.500. The molecule has 3 heteroatoms. The average Bonchev–Trinajstić information content (AvgIpc) is 2.29. The van der Waals surface area contributed by atoms with Crippen molar-refractivity contribution in [1.29, 1.82) is 0 Å². The summed E-state index contributed by atoms with van der Waals surface area (Å²) in [6, 6.07) is 8.34. The SMILES string of the molecule is COc1ccc(C2CC(C)OCS2)cc1. The monoisotopic (exact) mass is 224 g/mol. The summed E-state index contributed by atoms with van der Waals surface area (Å²) in [7, 11) is 1.69. The molecule has 1 aliphatic heterocycles. The van der Waals surface area contributed by atoms with Gasteiger partial charge >= 0.3 is 0 Å². The fourth-order valence-corrected chi connectivity index (χ4v) is 2.96. The summed E-state index contributed by atoms with van der Waals surface area (Å²) in [5.41, 5.74) is 1.37. The molecule has 2 unspecified atom stereocenters. The molecule has 1 saturated heterocycles. The Bertz CT molecular complexity index is 310. The molecule has 0 amide bonds. The van der Waals surface area contributed by atoms with E-state index in [2.05, 4.69) is 19.1 Å². The smallest absolute Gasteiger partial charge is 0.118 e. The van der Waals surface area contributed by atoms with Crippen molar-refractivity contribution < 1.29 is 9.47 Å². The molecule has 1 fully saturated rings. The minimum atomic E-state index is 0.373. The van der Waals surface area contributed by atoms with Crippen molar-refractivity contribution in [1.82, 2.24) is 0 Å². The molecule has 2 nitrogen and oxygen atoms in total. The highest BCUT2D eigenvalue weighted by molar-refractivity contribution is 7.99. The van der Waals surface area contributed by atoms with Gasteiger partial charge in [0.2, 0.25) is 0 Å². The lowest BCUT2D eigenvalue weighted by molar-refractivity contribution is 0.0881. The lowest BCUT2D eigenvalue weighted by Gasteiger charge is -2.27. The Morgan fingerprint density at radius 1 is 1.33 bits per heavy atom. The molecule has 2 atom stereocenters. The predicted octanol–water partition coefficient (Wildman–Crippen LogP) is 3.24. The van der Waals surface area contributed by atoms with Gasteiger partial charge in [0, 0.05) is 5.25 Å². The quantitative estimate of drug-likeness (QED) is 0.768. The van der Waals surface area contributed by atoms with E-state index < -0.39 is 0 Å². The van der Waals surface area contributed by atoms with Crippen molar-refractivity contribution in [2.45, 2.75) is 24.7 Å². The Hall–Kier alpha value is -0.670. The van der Waals surface area contributed by atoms with E-state index in [1.807, 2.05) is 23.9 Å². The van der Waals surface area contributed by atoms with Gasteiger partial charge in [-0.05, 0) is 31.0 Å². The highest BCUT2D eigenvalue weighted by atomic mass is 32.2. The summed E-state index contributed by atoms with van der Waals surface area (Å²) in [5, 5.41) is 0.569. The Labute approximate surface area is 95.0 Å². The third-order valence-corrected chi connectivity index (χ3v) is 3.79. The maximum atomic E-state index is 5.51. The van der Waals surface area contributed by atoms with E-state index in [4.69, 9.17) is 9.47 Å². The van der Waals surface area contributed by atoms with Crippen LogP contribution in [0, 0.1) is 0 Å². The van der Waals surface area contributed by atoms with E-state index in [-0.39, 0.29) is 0 Å². The lowest BCUT2D eigenvalue weighted by Crippen LogP contribution is -2.17. The predicted molar refractivity (Wildman–Crippen MR) is 63.4 cm³/mol. The summed E-state index contributed by atoms with van der Waals surface area (Å²) in [5.74, 6) is 1.72. The van der Waals surface area contributed by atoms with Crippen molar-refractivity contribution in [3.63, 3.8) is 0 Å². The molecule has 0 radical (unpaired) electrons. The topological polar surface area (TPSA) is 18.5 Å². The van der Waals surface area contributed by atoms with Crippen molar-refractivity contribution in [2.75, 3.05) is 13.0 Å². The molecule has 2 rings (SSSR count). The van der Waals surface area contributed by atoms with Crippen LogP contribution >= 0.6 is 11.8 Å². The van der Waals surface area contributed by atoms with Gasteiger partial charge in [0.25, 0.3) is 0 Å². The molecule has 0 spiro atoms. The zero-order valence-electron chi connectivity index (χ0n) is 9.10. The summed E-state index contributed by atoms with van der Waals surface area (Å²) in [4.78, 5) is 0. The average molecular weight is 224 g/mol. The van der Waals surface area contributed by atoms with Crippen LogP contribution in [0.25, 0.3) is 0 Å². The fourth-order valence-electron chi connectivity index (χ4n) is 1.73. The summed E-state index contributed by atoms with van der Waals surface area (Å²) in [6.07, 6.45) is 1.47. The largest absolute Gasteiger partial charge is 0.497 e.